The van der Waals surface area contributed by atoms with Crippen molar-refractivity contribution in [2.45, 2.75) is 19.3 Å². The highest BCUT2D eigenvalue weighted by Gasteiger charge is 2.14. The van der Waals surface area contributed by atoms with Crippen molar-refractivity contribution in [3.05, 3.63) is 63.4 Å². The summed E-state index contributed by atoms with van der Waals surface area (Å²) in [5.41, 5.74) is 4.14. The summed E-state index contributed by atoms with van der Waals surface area (Å²) in [6, 6.07) is 7.67. The van der Waals surface area contributed by atoms with Gasteiger partial charge >= 0.3 is 5.97 Å². The fourth-order valence-electron chi connectivity index (χ4n) is 2.55. The maximum Gasteiger partial charge on any atom is 0.331 e. The molecule has 0 saturated heterocycles. The topological polar surface area (TPSA) is 43.4 Å². The molecular weight excluding hydrogens is 296 g/mol. The van der Waals surface area contributed by atoms with Gasteiger partial charge in [0.25, 0.3) is 0 Å². The van der Waals surface area contributed by atoms with Crippen molar-refractivity contribution in [1.29, 1.82) is 0 Å². The van der Waals surface area contributed by atoms with Crippen LogP contribution in [-0.4, -0.2) is 18.4 Å². The Morgan fingerprint density at radius 1 is 1.18 bits per heavy atom. The van der Waals surface area contributed by atoms with Crippen molar-refractivity contribution in [3.8, 4) is 0 Å². The van der Waals surface area contributed by atoms with Crippen LogP contribution in [0.4, 0.5) is 0 Å². The number of hydrogen-bond acceptors (Lipinski definition) is 4. The third kappa shape index (κ3) is 3.52. The molecule has 1 aliphatic carbocycles. The van der Waals surface area contributed by atoms with Crippen LogP contribution in [0.2, 0.25) is 0 Å². The molecular formula is C18H16O3S. The maximum atomic E-state index is 12.1. The molecule has 0 atom stereocenters. The molecule has 0 saturated carbocycles. The van der Waals surface area contributed by atoms with Crippen LogP contribution < -0.4 is 0 Å². The van der Waals surface area contributed by atoms with E-state index < -0.39 is 5.97 Å². The predicted molar refractivity (Wildman–Crippen MR) is 87.1 cm³/mol. The zero-order valence-electron chi connectivity index (χ0n) is 12.1. The maximum absolute atomic E-state index is 12.1. The van der Waals surface area contributed by atoms with E-state index in [1.165, 1.54) is 17.2 Å². The molecule has 0 spiro atoms. The molecule has 0 N–H and O–H groups in total. The number of hydrogen-bond donors (Lipinski definition) is 0. The Kier molecular flexibility index (Phi) is 4.49. The Bertz CT molecular complexity index is 714. The Balaban J connectivity index is 1.55. The van der Waals surface area contributed by atoms with Gasteiger partial charge in [0.15, 0.2) is 12.4 Å². The molecule has 0 bridgehead atoms. The predicted octanol–water partition coefficient (Wildman–Crippen LogP) is 3.68. The van der Waals surface area contributed by atoms with Gasteiger partial charge < -0.3 is 4.74 Å². The molecule has 112 valence electrons. The summed E-state index contributed by atoms with van der Waals surface area (Å²) in [5, 5.41) is 3.86. The number of rotatable bonds is 5. The summed E-state index contributed by atoms with van der Waals surface area (Å²) in [4.78, 5) is 23.7. The number of Topliss-reactive ketones (excluding diaryl/α,β-unsaturated/α-hetero) is 1. The first-order valence-electron chi connectivity index (χ1n) is 7.24. The van der Waals surface area contributed by atoms with E-state index in [-0.39, 0.29) is 12.4 Å². The highest BCUT2D eigenvalue weighted by atomic mass is 32.1. The molecule has 1 aromatic carbocycles. The fraction of sp³-hybridized carbons (Fsp3) is 0.222. The second-order valence-corrected chi connectivity index (χ2v) is 6.04. The van der Waals surface area contributed by atoms with E-state index in [0.717, 1.165) is 24.8 Å². The van der Waals surface area contributed by atoms with Crippen LogP contribution in [0.25, 0.3) is 6.08 Å². The monoisotopic (exact) mass is 312 g/mol. The third-order valence-corrected chi connectivity index (χ3v) is 4.42. The first-order chi connectivity index (χ1) is 10.7. The highest BCUT2D eigenvalue weighted by Crippen LogP contribution is 2.23. The van der Waals surface area contributed by atoms with Gasteiger partial charge in [-0.3, -0.25) is 4.79 Å². The Morgan fingerprint density at radius 3 is 2.86 bits per heavy atom. The number of carbonyl (C=O) groups excluding carboxylic acids is 2. The fourth-order valence-corrected chi connectivity index (χ4v) is 3.18. The standard InChI is InChI=1S/C18H16O3S/c19-17(16-6-5-14-2-1-3-15(14)10-16)11-21-18(20)7-4-13-8-9-22-12-13/h4-10,12H,1-3,11H2. The van der Waals surface area contributed by atoms with Crippen LogP contribution >= 0.6 is 11.3 Å². The van der Waals surface area contributed by atoms with E-state index in [1.807, 2.05) is 35.0 Å². The summed E-state index contributed by atoms with van der Waals surface area (Å²) in [6.45, 7) is -0.217. The molecule has 0 radical (unpaired) electrons. The molecule has 0 fully saturated rings. The van der Waals surface area contributed by atoms with Gasteiger partial charge in [-0.2, -0.15) is 11.3 Å². The van der Waals surface area contributed by atoms with Crippen molar-refractivity contribution < 1.29 is 14.3 Å². The van der Waals surface area contributed by atoms with E-state index in [4.69, 9.17) is 4.74 Å². The molecule has 3 rings (SSSR count). The summed E-state index contributed by atoms with van der Waals surface area (Å²) in [6.07, 6.45) is 6.29. The number of ketones is 1. The Hall–Kier alpha value is -2.20. The van der Waals surface area contributed by atoms with Gasteiger partial charge in [0.05, 0.1) is 0 Å². The number of carbonyl (C=O) groups is 2. The minimum absolute atomic E-state index is 0.160. The average Bonchev–Trinajstić information content (AvgIpc) is 3.20. The van der Waals surface area contributed by atoms with Crippen LogP contribution in [0.5, 0.6) is 0 Å². The molecule has 0 aliphatic heterocycles. The molecule has 0 amide bonds. The number of thiophene rings is 1. The number of benzene rings is 1. The molecule has 4 heteroatoms. The lowest BCUT2D eigenvalue weighted by molar-refractivity contribution is -0.136. The Labute approximate surface area is 133 Å². The molecule has 22 heavy (non-hydrogen) atoms. The number of fused-ring (bicyclic) bond motifs is 1. The first-order valence-corrected chi connectivity index (χ1v) is 8.19. The zero-order chi connectivity index (χ0) is 15.4. The van der Waals surface area contributed by atoms with E-state index in [9.17, 15) is 9.59 Å². The minimum Gasteiger partial charge on any atom is -0.454 e. The zero-order valence-corrected chi connectivity index (χ0v) is 12.9. The van der Waals surface area contributed by atoms with Crippen LogP contribution in [0, 0.1) is 0 Å². The SMILES string of the molecule is O=C(C=Cc1ccsc1)OCC(=O)c1ccc2c(c1)CCC2. The van der Waals surface area contributed by atoms with Gasteiger partial charge in [-0.05, 0) is 64.9 Å². The van der Waals surface area contributed by atoms with E-state index in [0.29, 0.717) is 5.56 Å². The third-order valence-electron chi connectivity index (χ3n) is 3.72. The second-order valence-electron chi connectivity index (χ2n) is 5.26. The van der Waals surface area contributed by atoms with Gasteiger partial charge in [0.2, 0.25) is 0 Å². The van der Waals surface area contributed by atoms with E-state index in [1.54, 1.807) is 17.4 Å². The molecule has 1 aliphatic rings. The van der Waals surface area contributed by atoms with E-state index in [2.05, 4.69) is 0 Å². The summed E-state index contributed by atoms with van der Waals surface area (Å²) in [5.74, 6) is -0.660. The van der Waals surface area contributed by atoms with Gasteiger partial charge in [-0.1, -0.05) is 12.1 Å². The largest absolute Gasteiger partial charge is 0.454 e. The number of ether oxygens (including phenoxy) is 1. The van der Waals surface area contributed by atoms with Crippen molar-refractivity contribution in [3.63, 3.8) is 0 Å². The summed E-state index contributed by atoms with van der Waals surface area (Å²) < 4.78 is 5.00. The quantitative estimate of drug-likeness (QED) is 0.480. The lowest BCUT2D eigenvalue weighted by atomic mass is 10.0. The van der Waals surface area contributed by atoms with Gasteiger partial charge in [-0.15, -0.1) is 0 Å². The Morgan fingerprint density at radius 2 is 2.05 bits per heavy atom. The van der Waals surface area contributed by atoms with Crippen molar-refractivity contribution >= 4 is 29.2 Å². The minimum atomic E-state index is -0.499. The molecule has 3 nitrogen and oxygen atoms in total. The molecule has 1 aromatic heterocycles. The highest BCUT2D eigenvalue weighted by molar-refractivity contribution is 7.08. The normalized spacial score (nSPS) is 13.3. The lowest BCUT2D eigenvalue weighted by Gasteiger charge is -2.04. The van der Waals surface area contributed by atoms with Crippen LogP contribution in [-0.2, 0) is 22.4 Å². The van der Waals surface area contributed by atoms with Crippen molar-refractivity contribution in [1.82, 2.24) is 0 Å². The van der Waals surface area contributed by atoms with Crippen LogP contribution in [0.1, 0.15) is 33.5 Å². The number of esters is 1. The van der Waals surface area contributed by atoms with Gasteiger partial charge in [0.1, 0.15) is 0 Å². The second kappa shape index (κ2) is 6.71. The summed E-state index contributed by atoms with van der Waals surface area (Å²) >= 11 is 1.56. The van der Waals surface area contributed by atoms with Gasteiger partial charge in [0, 0.05) is 11.6 Å². The van der Waals surface area contributed by atoms with Crippen LogP contribution in [0.15, 0.2) is 41.1 Å². The lowest BCUT2D eigenvalue weighted by Crippen LogP contribution is -2.12. The van der Waals surface area contributed by atoms with Gasteiger partial charge in [-0.25, -0.2) is 4.79 Å². The number of aryl methyl sites for hydroxylation is 2. The molecule has 0 unspecified atom stereocenters. The van der Waals surface area contributed by atoms with Crippen molar-refractivity contribution in [2.24, 2.45) is 0 Å². The average molecular weight is 312 g/mol. The first kappa shape index (κ1) is 14.7. The molecule has 1 heterocycles. The van der Waals surface area contributed by atoms with Crippen LogP contribution in [0.3, 0.4) is 0 Å². The van der Waals surface area contributed by atoms with E-state index >= 15 is 0 Å². The smallest absolute Gasteiger partial charge is 0.331 e. The molecule has 2 aromatic rings. The van der Waals surface area contributed by atoms with Crippen molar-refractivity contribution in [2.75, 3.05) is 6.61 Å². The summed E-state index contributed by atoms with van der Waals surface area (Å²) in [7, 11) is 0.